The van der Waals surface area contributed by atoms with E-state index in [1.807, 2.05) is 6.07 Å². The van der Waals surface area contributed by atoms with Gasteiger partial charge >= 0.3 is 0 Å². The predicted octanol–water partition coefficient (Wildman–Crippen LogP) is 3.02. The summed E-state index contributed by atoms with van der Waals surface area (Å²) in [7, 11) is 0. The summed E-state index contributed by atoms with van der Waals surface area (Å²) in [4.78, 5) is 2.51. The third-order valence-corrected chi connectivity index (χ3v) is 4.59. The van der Waals surface area contributed by atoms with E-state index in [2.05, 4.69) is 11.8 Å². The molecule has 0 amide bonds. The summed E-state index contributed by atoms with van der Waals surface area (Å²) in [6.45, 7) is 5.84. The van der Waals surface area contributed by atoms with Gasteiger partial charge in [-0.2, -0.15) is 0 Å². The molecule has 3 nitrogen and oxygen atoms in total. The first-order valence-corrected chi connectivity index (χ1v) is 8.03. The molecule has 3 rings (SSSR count). The van der Waals surface area contributed by atoms with E-state index < -0.39 is 0 Å². The van der Waals surface area contributed by atoms with E-state index in [4.69, 9.17) is 9.47 Å². The highest BCUT2D eigenvalue weighted by Gasteiger charge is 2.30. The number of nitrogens with zero attached hydrogens (tertiary/aromatic N) is 1. The number of hydrogen-bond acceptors (Lipinski definition) is 3. The first-order valence-electron chi connectivity index (χ1n) is 8.03. The molecule has 0 unspecified atom stereocenters. The maximum absolute atomic E-state index is 13.4. The van der Waals surface area contributed by atoms with E-state index in [0.29, 0.717) is 6.04 Å². The molecule has 2 fully saturated rings. The lowest BCUT2D eigenvalue weighted by molar-refractivity contribution is 0.0387. The zero-order chi connectivity index (χ0) is 14.7. The number of ether oxygens (including phenoxy) is 2. The van der Waals surface area contributed by atoms with Crippen LogP contribution in [-0.2, 0) is 11.2 Å². The van der Waals surface area contributed by atoms with Crippen LogP contribution in [0.3, 0.4) is 0 Å². The minimum Gasteiger partial charge on any atom is -0.489 e. The minimum absolute atomic E-state index is 0.181. The Morgan fingerprint density at radius 1 is 1.29 bits per heavy atom. The number of aryl methyl sites for hydroxylation is 1. The van der Waals surface area contributed by atoms with Crippen LogP contribution in [0, 0.1) is 5.82 Å². The molecule has 4 heteroatoms. The molecule has 0 N–H and O–H groups in total. The second-order valence-corrected chi connectivity index (χ2v) is 5.97. The lowest BCUT2D eigenvalue weighted by Gasteiger charge is -2.30. The average Bonchev–Trinajstić information content (AvgIpc) is 2.97. The Labute approximate surface area is 126 Å². The van der Waals surface area contributed by atoms with Gasteiger partial charge in [-0.3, -0.25) is 4.90 Å². The molecule has 0 aliphatic carbocycles. The third-order valence-electron chi connectivity index (χ3n) is 4.59. The quantitative estimate of drug-likeness (QED) is 0.852. The number of rotatable bonds is 4. The molecule has 2 aliphatic heterocycles. The maximum Gasteiger partial charge on any atom is 0.126 e. The number of halogens is 1. The van der Waals surface area contributed by atoms with Gasteiger partial charge in [0.2, 0.25) is 0 Å². The monoisotopic (exact) mass is 293 g/mol. The average molecular weight is 293 g/mol. The summed E-state index contributed by atoms with van der Waals surface area (Å²) in [5.41, 5.74) is 1.08. The van der Waals surface area contributed by atoms with Crippen LogP contribution in [0.2, 0.25) is 0 Å². The fraction of sp³-hybridized carbons (Fsp3) is 0.647. The maximum atomic E-state index is 13.4. The molecule has 1 aromatic rings. The molecule has 21 heavy (non-hydrogen) atoms. The highest BCUT2D eigenvalue weighted by molar-refractivity contribution is 5.34. The number of likely N-dealkylation sites (tertiary alicyclic amines) is 1. The van der Waals surface area contributed by atoms with Crippen molar-refractivity contribution in [3.05, 3.63) is 29.6 Å². The van der Waals surface area contributed by atoms with Crippen molar-refractivity contribution in [2.24, 2.45) is 0 Å². The molecule has 0 aromatic heterocycles. The van der Waals surface area contributed by atoms with Gasteiger partial charge in [-0.1, -0.05) is 13.0 Å². The number of benzene rings is 1. The fourth-order valence-electron chi connectivity index (χ4n) is 3.34. The van der Waals surface area contributed by atoms with Crippen LogP contribution in [0.25, 0.3) is 0 Å². The van der Waals surface area contributed by atoms with E-state index in [1.165, 1.54) is 12.1 Å². The second-order valence-electron chi connectivity index (χ2n) is 5.97. The molecule has 2 heterocycles. The topological polar surface area (TPSA) is 21.7 Å². The highest BCUT2D eigenvalue weighted by Crippen LogP contribution is 2.26. The van der Waals surface area contributed by atoms with Crippen LogP contribution in [0.15, 0.2) is 18.2 Å². The van der Waals surface area contributed by atoms with Gasteiger partial charge in [-0.05, 0) is 37.3 Å². The van der Waals surface area contributed by atoms with Gasteiger partial charge in [0, 0.05) is 38.4 Å². The van der Waals surface area contributed by atoms with Crippen LogP contribution in [0.5, 0.6) is 5.75 Å². The van der Waals surface area contributed by atoms with E-state index in [9.17, 15) is 4.39 Å². The summed E-state index contributed by atoms with van der Waals surface area (Å²) in [6, 6.07) is 5.49. The molecule has 1 aromatic carbocycles. The van der Waals surface area contributed by atoms with Gasteiger partial charge < -0.3 is 9.47 Å². The number of hydrogen-bond donors (Lipinski definition) is 0. The van der Waals surface area contributed by atoms with Gasteiger partial charge in [0.15, 0.2) is 0 Å². The Kier molecular flexibility index (Phi) is 4.76. The fourth-order valence-corrected chi connectivity index (χ4v) is 3.34. The van der Waals surface area contributed by atoms with E-state index in [0.717, 1.165) is 63.3 Å². The van der Waals surface area contributed by atoms with E-state index in [-0.39, 0.29) is 11.9 Å². The van der Waals surface area contributed by atoms with Crippen molar-refractivity contribution in [2.75, 3.05) is 26.3 Å². The Hall–Kier alpha value is -1.13. The highest BCUT2D eigenvalue weighted by atomic mass is 19.1. The SMILES string of the molecule is CCc1ccc(F)cc1O[C@H]1CCN(C2CCOCC2)C1. The van der Waals surface area contributed by atoms with Gasteiger partial charge in [-0.15, -0.1) is 0 Å². The molecule has 2 saturated heterocycles. The summed E-state index contributed by atoms with van der Waals surface area (Å²) in [6.07, 6.45) is 4.31. The molecular weight excluding hydrogens is 269 g/mol. The van der Waals surface area contributed by atoms with Gasteiger partial charge in [0.05, 0.1) is 0 Å². The van der Waals surface area contributed by atoms with Gasteiger partial charge in [0.1, 0.15) is 17.7 Å². The van der Waals surface area contributed by atoms with Crippen molar-refractivity contribution in [1.29, 1.82) is 0 Å². The third kappa shape index (κ3) is 3.55. The largest absolute Gasteiger partial charge is 0.489 e. The molecular formula is C17H24FNO2. The zero-order valence-electron chi connectivity index (χ0n) is 12.7. The Bertz CT molecular complexity index is 474. The summed E-state index contributed by atoms with van der Waals surface area (Å²) in [5.74, 6) is 0.498. The predicted molar refractivity (Wildman–Crippen MR) is 80.2 cm³/mol. The van der Waals surface area contributed by atoms with Crippen LogP contribution in [0.4, 0.5) is 4.39 Å². The summed E-state index contributed by atoms with van der Waals surface area (Å²) in [5, 5.41) is 0. The van der Waals surface area contributed by atoms with E-state index >= 15 is 0 Å². The van der Waals surface area contributed by atoms with Crippen molar-refractivity contribution >= 4 is 0 Å². The lowest BCUT2D eigenvalue weighted by atomic mass is 10.1. The van der Waals surface area contributed by atoms with Crippen LogP contribution in [0.1, 0.15) is 31.7 Å². The first-order chi connectivity index (χ1) is 10.3. The Morgan fingerprint density at radius 2 is 2.10 bits per heavy atom. The smallest absolute Gasteiger partial charge is 0.126 e. The van der Waals surface area contributed by atoms with Crippen LogP contribution < -0.4 is 4.74 Å². The molecule has 0 saturated carbocycles. The van der Waals surface area contributed by atoms with Crippen molar-refractivity contribution in [2.45, 2.75) is 44.8 Å². The molecule has 2 aliphatic rings. The van der Waals surface area contributed by atoms with Crippen LogP contribution in [-0.4, -0.2) is 43.3 Å². The van der Waals surface area contributed by atoms with Crippen molar-refractivity contribution in [1.82, 2.24) is 4.90 Å². The van der Waals surface area contributed by atoms with E-state index in [1.54, 1.807) is 0 Å². The second kappa shape index (κ2) is 6.75. The standard InChI is InChI=1S/C17H24FNO2/c1-2-13-3-4-14(18)11-17(13)21-16-5-8-19(12-16)15-6-9-20-10-7-15/h3-4,11,15-16H,2,5-10,12H2,1H3/t16-/m0/s1. The molecule has 0 spiro atoms. The van der Waals surface area contributed by atoms with Crippen LogP contribution >= 0.6 is 0 Å². The zero-order valence-corrected chi connectivity index (χ0v) is 12.7. The lowest BCUT2D eigenvalue weighted by Crippen LogP contribution is -2.38. The molecule has 0 radical (unpaired) electrons. The van der Waals surface area contributed by atoms with Gasteiger partial charge in [0.25, 0.3) is 0 Å². The summed E-state index contributed by atoms with van der Waals surface area (Å²) < 4.78 is 24.9. The minimum atomic E-state index is -0.221. The Balaban J connectivity index is 1.60. The van der Waals surface area contributed by atoms with Crippen molar-refractivity contribution in [3.63, 3.8) is 0 Å². The van der Waals surface area contributed by atoms with Crippen molar-refractivity contribution < 1.29 is 13.9 Å². The van der Waals surface area contributed by atoms with Gasteiger partial charge in [-0.25, -0.2) is 4.39 Å². The molecule has 116 valence electrons. The first kappa shape index (κ1) is 14.8. The normalized spacial score (nSPS) is 24.4. The summed E-state index contributed by atoms with van der Waals surface area (Å²) >= 11 is 0. The molecule has 0 bridgehead atoms. The molecule has 1 atom stereocenters. The Morgan fingerprint density at radius 3 is 2.86 bits per heavy atom. The van der Waals surface area contributed by atoms with Crippen molar-refractivity contribution in [3.8, 4) is 5.75 Å².